The van der Waals surface area contributed by atoms with E-state index in [9.17, 15) is 4.79 Å². The summed E-state index contributed by atoms with van der Waals surface area (Å²) in [4.78, 5) is 16.2. The number of nitrogens with two attached hydrogens (primary N) is 1. The fourth-order valence-electron chi connectivity index (χ4n) is 3.07. The van der Waals surface area contributed by atoms with Crippen LogP contribution in [0.3, 0.4) is 0 Å². The van der Waals surface area contributed by atoms with Crippen LogP contribution >= 0.6 is 11.3 Å². The van der Waals surface area contributed by atoms with E-state index in [1.54, 1.807) is 11.3 Å². The minimum absolute atomic E-state index is 0.435. The Balaban J connectivity index is 1.92. The third-order valence-corrected chi connectivity index (χ3v) is 4.79. The van der Waals surface area contributed by atoms with E-state index < -0.39 is 11.4 Å². The lowest BCUT2D eigenvalue weighted by Crippen LogP contribution is -2.34. The number of hydrogen-bond donors (Lipinski definition) is 1. The van der Waals surface area contributed by atoms with Crippen LogP contribution in [-0.2, 0) is 11.8 Å². The molecule has 1 aliphatic rings. The maximum atomic E-state index is 11.6. The molecule has 0 spiro atoms. The molecule has 23 heavy (non-hydrogen) atoms. The largest absolute Gasteiger partial charge is 0.350 e. The summed E-state index contributed by atoms with van der Waals surface area (Å²) >= 11 is 1.55. The molecular formula is C17H13N4OS. The van der Waals surface area contributed by atoms with Gasteiger partial charge in [0.05, 0.1) is 22.3 Å². The maximum Gasteiger partial charge on any atom is 0.339 e. The fraction of sp³-hybridized carbons (Fsp3) is 0.118. The zero-order valence-electron chi connectivity index (χ0n) is 12.1. The van der Waals surface area contributed by atoms with Gasteiger partial charge in [0.1, 0.15) is 6.20 Å². The van der Waals surface area contributed by atoms with Crippen LogP contribution < -0.4 is 5.73 Å². The summed E-state index contributed by atoms with van der Waals surface area (Å²) in [7, 11) is 0. The van der Waals surface area contributed by atoms with Gasteiger partial charge in [0, 0.05) is 17.4 Å². The highest BCUT2D eigenvalue weighted by Gasteiger charge is 2.38. The molecule has 2 N–H and O–H groups in total. The Kier molecular flexibility index (Phi) is 3.12. The molecule has 1 atom stereocenters. The maximum absolute atomic E-state index is 11.6. The first-order valence-electron chi connectivity index (χ1n) is 7.13. The van der Waals surface area contributed by atoms with E-state index in [0.29, 0.717) is 6.42 Å². The van der Waals surface area contributed by atoms with E-state index in [-0.39, 0.29) is 0 Å². The second kappa shape index (κ2) is 5.17. The zero-order valence-corrected chi connectivity index (χ0v) is 13.0. The Bertz CT molecular complexity index is 883. The topological polar surface area (TPSA) is 73.8 Å². The number of benzene rings is 1. The Labute approximate surface area is 137 Å². The van der Waals surface area contributed by atoms with Crippen LogP contribution in [0.25, 0.3) is 6.08 Å². The summed E-state index contributed by atoms with van der Waals surface area (Å²) in [6.45, 7) is 0. The van der Waals surface area contributed by atoms with E-state index in [1.165, 1.54) is 4.68 Å². The average Bonchev–Trinajstić information content (AvgIpc) is 3.24. The van der Waals surface area contributed by atoms with Crippen molar-refractivity contribution in [3.63, 3.8) is 0 Å². The first kappa shape index (κ1) is 13.9. The van der Waals surface area contributed by atoms with Crippen LogP contribution in [0.15, 0.2) is 47.3 Å². The van der Waals surface area contributed by atoms with Crippen molar-refractivity contribution in [2.45, 2.75) is 11.8 Å². The molecule has 5 nitrogen and oxygen atoms in total. The smallest absolute Gasteiger partial charge is 0.339 e. The van der Waals surface area contributed by atoms with Crippen molar-refractivity contribution in [1.29, 1.82) is 0 Å². The molecule has 0 saturated heterocycles. The van der Waals surface area contributed by atoms with Crippen molar-refractivity contribution in [3.05, 3.63) is 76.0 Å². The second-order valence-corrected chi connectivity index (χ2v) is 6.16. The van der Waals surface area contributed by atoms with E-state index in [4.69, 9.17) is 5.73 Å². The van der Waals surface area contributed by atoms with E-state index in [0.717, 1.165) is 22.5 Å². The number of allylic oxidation sites excluding steroid dienone is 1. The molecule has 2 aromatic heterocycles. The molecule has 1 amide bonds. The molecule has 1 unspecified atom stereocenters. The van der Waals surface area contributed by atoms with Gasteiger partial charge in [-0.25, -0.2) is 9.78 Å². The van der Waals surface area contributed by atoms with Gasteiger partial charge >= 0.3 is 6.03 Å². The first-order valence-corrected chi connectivity index (χ1v) is 8.08. The first-order chi connectivity index (χ1) is 11.2. The SMILES string of the molecule is NC(=O)n1n[c]c2c1CC(c1ccccc1)(c1cscn1)C=C2. The van der Waals surface area contributed by atoms with Gasteiger partial charge in [-0.3, -0.25) is 0 Å². The van der Waals surface area contributed by atoms with Gasteiger partial charge in [-0.05, 0) is 5.56 Å². The van der Waals surface area contributed by atoms with E-state index >= 15 is 0 Å². The Morgan fingerprint density at radius 1 is 1.35 bits per heavy atom. The molecule has 0 fully saturated rings. The molecule has 0 bridgehead atoms. The van der Waals surface area contributed by atoms with Gasteiger partial charge in [-0.15, -0.1) is 11.3 Å². The highest BCUT2D eigenvalue weighted by Crippen LogP contribution is 2.41. The van der Waals surface area contributed by atoms with Gasteiger partial charge in [0.2, 0.25) is 0 Å². The third kappa shape index (κ3) is 2.10. The summed E-state index contributed by atoms with van der Waals surface area (Å²) < 4.78 is 1.23. The van der Waals surface area contributed by atoms with Crippen molar-refractivity contribution in [2.75, 3.05) is 0 Å². The Morgan fingerprint density at radius 3 is 2.87 bits per heavy atom. The minimum atomic E-state index is -0.599. The highest BCUT2D eigenvalue weighted by atomic mass is 32.1. The van der Waals surface area contributed by atoms with Crippen molar-refractivity contribution < 1.29 is 4.79 Å². The predicted molar refractivity (Wildman–Crippen MR) is 88.1 cm³/mol. The predicted octanol–water partition coefficient (Wildman–Crippen LogP) is 2.62. The van der Waals surface area contributed by atoms with Gasteiger partial charge in [-0.2, -0.15) is 9.78 Å². The highest BCUT2D eigenvalue weighted by molar-refractivity contribution is 7.07. The number of thiazole rings is 1. The minimum Gasteiger partial charge on any atom is -0.350 e. The van der Waals surface area contributed by atoms with Gasteiger partial charge in [0.15, 0.2) is 0 Å². The molecule has 0 aliphatic heterocycles. The lowest BCUT2D eigenvalue weighted by Gasteiger charge is -2.32. The standard InChI is InChI=1S/C17H13N4OS/c18-16(22)21-14-8-17(15-10-23-11-19-15,7-6-12(14)9-20-21)13-4-2-1-3-5-13/h1-7,10-11H,8H2,(H2,18,22). The molecule has 0 saturated carbocycles. The fourth-order valence-corrected chi connectivity index (χ4v) is 3.70. The Hall–Kier alpha value is -2.73. The number of fused-ring (bicyclic) bond motifs is 1. The molecule has 113 valence electrons. The number of carbonyl (C=O) groups excluding carboxylic acids is 1. The lowest BCUT2D eigenvalue weighted by atomic mass is 9.71. The zero-order chi connectivity index (χ0) is 15.9. The second-order valence-electron chi connectivity index (χ2n) is 5.44. The quantitative estimate of drug-likeness (QED) is 0.788. The summed E-state index contributed by atoms with van der Waals surface area (Å²) in [5.41, 5.74) is 10.4. The van der Waals surface area contributed by atoms with Gasteiger partial charge < -0.3 is 5.73 Å². The average molecular weight is 321 g/mol. The van der Waals surface area contributed by atoms with Crippen LogP contribution in [0.2, 0.25) is 0 Å². The van der Waals surface area contributed by atoms with Crippen molar-refractivity contribution in [3.8, 4) is 0 Å². The molecule has 3 aromatic rings. The molecular weight excluding hydrogens is 308 g/mol. The summed E-state index contributed by atoms with van der Waals surface area (Å²) in [5, 5.41) is 6.02. The summed E-state index contributed by atoms with van der Waals surface area (Å²) in [6, 6.07) is 9.54. The van der Waals surface area contributed by atoms with Crippen LogP contribution in [0.1, 0.15) is 22.5 Å². The number of aromatic nitrogens is 3. The van der Waals surface area contributed by atoms with Crippen molar-refractivity contribution in [2.24, 2.45) is 5.73 Å². The molecule has 6 heteroatoms. The van der Waals surface area contributed by atoms with E-state index in [2.05, 4.69) is 34.5 Å². The van der Waals surface area contributed by atoms with Gasteiger partial charge in [-0.1, -0.05) is 42.5 Å². The third-order valence-electron chi connectivity index (χ3n) is 4.20. The normalized spacial score (nSPS) is 19.5. The van der Waals surface area contributed by atoms with Crippen LogP contribution in [0, 0.1) is 6.20 Å². The van der Waals surface area contributed by atoms with Gasteiger partial charge in [0.25, 0.3) is 0 Å². The summed E-state index contributed by atoms with van der Waals surface area (Å²) in [5.74, 6) is 0. The lowest BCUT2D eigenvalue weighted by molar-refractivity contribution is 0.246. The number of primary amides is 1. The molecule has 1 aromatic carbocycles. The Morgan fingerprint density at radius 2 is 2.17 bits per heavy atom. The van der Waals surface area contributed by atoms with E-state index in [1.807, 2.05) is 35.2 Å². The molecule has 1 radical (unpaired) electrons. The number of nitrogens with zero attached hydrogens (tertiary/aromatic N) is 3. The molecule has 2 heterocycles. The van der Waals surface area contributed by atoms with Crippen LogP contribution in [0.5, 0.6) is 0 Å². The monoisotopic (exact) mass is 321 g/mol. The number of hydrogen-bond acceptors (Lipinski definition) is 4. The molecule has 1 aliphatic carbocycles. The van der Waals surface area contributed by atoms with Crippen molar-refractivity contribution >= 4 is 23.4 Å². The number of amides is 1. The molecule has 4 rings (SSSR count). The van der Waals surface area contributed by atoms with Crippen LogP contribution in [-0.4, -0.2) is 20.8 Å². The van der Waals surface area contributed by atoms with Crippen molar-refractivity contribution in [1.82, 2.24) is 14.8 Å². The summed E-state index contributed by atoms with van der Waals surface area (Å²) in [6.07, 6.45) is 7.47. The van der Waals surface area contributed by atoms with Crippen LogP contribution in [0.4, 0.5) is 4.79 Å². The number of rotatable bonds is 2. The number of carbonyl (C=O) groups is 1.